The van der Waals surface area contributed by atoms with Crippen molar-refractivity contribution < 1.29 is 19.4 Å². The number of esters is 1. The van der Waals surface area contributed by atoms with Gasteiger partial charge in [-0.05, 0) is 38.5 Å². The van der Waals surface area contributed by atoms with Gasteiger partial charge >= 0.3 is 5.97 Å². The first-order valence-corrected chi connectivity index (χ1v) is 7.09. The van der Waals surface area contributed by atoms with Crippen molar-refractivity contribution in [1.82, 2.24) is 0 Å². The Kier molecular flexibility index (Phi) is 6.31. The summed E-state index contributed by atoms with van der Waals surface area (Å²) in [4.78, 5) is 11.7. The fourth-order valence-corrected chi connectivity index (χ4v) is 2.02. The molecule has 4 nitrogen and oxygen atoms in total. The van der Waals surface area contributed by atoms with Gasteiger partial charge in [-0.1, -0.05) is 22.9 Å². The van der Waals surface area contributed by atoms with E-state index in [0.717, 1.165) is 4.47 Å². The molecule has 0 radical (unpaired) electrons. The Hall–Kier alpha value is -1.07. The zero-order valence-corrected chi connectivity index (χ0v) is 12.9. The maximum atomic E-state index is 11.7. The van der Waals surface area contributed by atoms with E-state index in [-0.39, 0.29) is 5.97 Å². The number of benzene rings is 1. The molecule has 19 heavy (non-hydrogen) atoms. The van der Waals surface area contributed by atoms with Crippen LogP contribution in [0.4, 0.5) is 0 Å². The highest BCUT2D eigenvalue weighted by atomic mass is 79.9. The van der Waals surface area contributed by atoms with E-state index in [9.17, 15) is 9.90 Å². The van der Waals surface area contributed by atoms with E-state index in [1.165, 1.54) is 0 Å². The molecule has 0 fully saturated rings. The van der Waals surface area contributed by atoms with Crippen molar-refractivity contribution in [1.29, 1.82) is 0 Å². The number of carbonyl (C=O) groups is 1. The molecule has 1 rings (SSSR count). The van der Waals surface area contributed by atoms with E-state index in [0.29, 0.717) is 24.3 Å². The fourth-order valence-electron chi connectivity index (χ4n) is 1.64. The summed E-state index contributed by atoms with van der Waals surface area (Å²) in [6, 6.07) is 5.31. The normalized spacial score (nSPS) is 13.7. The Labute approximate surface area is 121 Å². The number of aliphatic hydroxyl groups excluding tert-OH is 1. The zero-order valence-electron chi connectivity index (χ0n) is 11.4. The van der Waals surface area contributed by atoms with Crippen LogP contribution < -0.4 is 4.74 Å². The second-order valence-corrected chi connectivity index (χ2v) is 5.04. The third-order valence-corrected chi connectivity index (χ3v) is 3.10. The molecule has 0 aliphatic carbocycles. The summed E-state index contributed by atoms with van der Waals surface area (Å²) < 4.78 is 11.5. The maximum absolute atomic E-state index is 11.7. The van der Waals surface area contributed by atoms with Crippen molar-refractivity contribution >= 4 is 21.9 Å². The first kappa shape index (κ1) is 16.0. The van der Waals surface area contributed by atoms with E-state index in [1.807, 2.05) is 6.92 Å². The maximum Gasteiger partial charge on any atom is 0.347 e. The number of rotatable bonds is 6. The Morgan fingerprint density at radius 1 is 1.42 bits per heavy atom. The van der Waals surface area contributed by atoms with Crippen LogP contribution in [-0.2, 0) is 9.53 Å². The van der Waals surface area contributed by atoms with Crippen molar-refractivity contribution in [2.75, 3.05) is 6.61 Å². The lowest BCUT2D eigenvalue weighted by Crippen LogP contribution is -2.29. The largest absolute Gasteiger partial charge is 0.478 e. The van der Waals surface area contributed by atoms with Crippen molar-refractivity contribution in [2.24, 2.45) is 0 Å². The molecule has 106 valence electrons. The summed E-state index contributed by atoms with van der Waals surface area (Å²) in [6.07, 6.45) is -0.820. The van der Waals surface area contributed by atoms with Crippen LogP contribution in [0.2, 0.25) is 0 Å². The summed E-state index contributed by atoms with van der Waals surface area (Å²) in [5, 5.41) is 9.74. The monoisotopic (exact) mass is 330 g/mol. The van der Waals surface area contributed by atoms with Gasteiger partial charge in [0.05, 0.1) is 12.7 Å². The van der Waals surface area contributed by atoms with Gasteiger partial charge < -0.3 is 14.6 Å². The lowest BCUT2D eigenvalue weighted by molar-refractivity contribution is -0.151. The molecular formula is C14H19BrO4. The van der Waals surface area contributed by atoms with Gasteiger partial charge in [0.25, 0.3) is 0 Å². The number of ether oxygens (including phenoxy) is 2. The molecule has 0 bridgehead atoms. The molecular weight excluding hydrogens is 312 g/mol. The molecule has 2 atom stereocenters. The molecule has 1 unspecified atom stereocenters. The second-order valence-electron chi connectivity index (χ2n) is 4.12. The van der Waals surface area contributed by atoms with Crippen molar-refractivity contribution in [2.45, 2.75) is 39.4 Å². The molecule has 1 aromatic carbocycles. The van der Waals surface area contributed by atoms with Gasteiger partial charge in [-0.25, -0.2) is 4.79 Å². The van der Waals surface area contributed by atoms with Gasteiger partial charge in [0.1, 0.15) is 5.75 Å². The predicted octanol–water partition coefficient (Wildman–Crippen LogP) is 3.22. The summed E-state index contributed by atoms with van der Waals surface area (Å²) in [5.41, 5.74) is 0.636. The number of hydrogen-bond donors (Lipinski definition) is 1. The molecule has 0 heterocycles. The summed E-state index contributed by atoms with van der Waals surface area (Å²) in [7, 11) is 0. The van der Waals surface area contributed by atoms with Crippen LogP contribution >= 0.6 is 15.9 Å². The fraction of sp³-hybridized carbons (Fsp3) is 0.500. The van der Waals surface area contributed by atoms with E-state index in [1.54, 1.807) is 32.0 Å². The minimum absolute atomic E-state index is 0.322. The SMILES string of the molecule is CCOC(=O)C(CC)Oc1ccc(Br)cc1[C@H](C)O. The second kappa shape index (κ2) is 7.50. The Morgan fingerprint density at radius 3 is 2.63 bits per heavy atom. The molecule has 0 saturated carbocycles. The van der Waals surface area contributed by atoms with Gasteiger partial charge in [0.15, 0.2) is 6.10 Å². The molecule has 0 aliphatic rings. The standard InChI is InChI=1S/C14H19BrO4/c1-4-12(14(17)18-5-2)19-13-7-6-10(15)8-11(13)9(3)16/h6-9,12,16H,4-5H2,1-3H3/t9-,12?/m0/s1. The third kappa shape index (κ3) is 4.51. The van der Waals surface area contributed by atoms with Crippen LogP contribution in [-0.4, -0.2) is 23.8 Å². The van der Waals surface area contributed by atoms with Gasteiger partial charge in [-0.15, -0.1) is 0 Å². The average Bonchev–Trinajstić information content (AvgIpc) is 2.37. The lowest BCUT2D eigenvalue weighted by Gasteiger charge is -2.19. The van der Waals surface area contributed by atoms with Crippen LogP contribution in [0.25, 0.3) is 0 Å². The first-order chi connectivity index (χ1) is 8.99. The van der Waals surface area contributed by atoms with Crippen molar-refractivity contribution in [3.05, 3.63) is 28.2 Å². The highest BCUT2D eigenvalue weighted by Gasteiger charge is 2.21. The Balaban J connectivity index is 2.93. The minimum Gasteiger partial charge on any atom is -0.478 e. The van der Waals surface area contributed by atoms with Gasteiger partial charge in [-0.2, -0.15) is 0 Å². The summed E-state index contributed by atoms with van der Waals surface area (Å²) in [5.74, 6) is 0.113. The number of halogens is 1. The zero-order chi connectivity index (χ0) is 14.4. The Morgan fingerprint density at radius 2 is 2.11 bits per heavy atom. The van der Waals surface area contributed by atoms with Crippen molar-refractivity contribution in [3.63, 3.8) is 0 Å². The van der Waals surface area contributed by atoms with E-state index in [2.05, 4.69) is 15.9 Å². The minimum atomic E-state index is -0.674. The number of aliphatic hydroxyl groups is 1. The summed E-state index contributed by atoms with van der Waals surface area (Å²) in [6.45, 7) is 5.58. The highest BCUT2D eigenvalue weighted by molar-refractivity contribution is 9.10. The first-order valence-electron chi connectivity index (χ1n) is 6.30. The van der Waals surface area contributed by atoms with Gasteiger partial charge in [-0.3, -0.25) is 0 Å². The average molecular weight is 331 g/mol. The lowest BCUT2D eigenvalue weighted by atomic mass is 10.1. The molecule has 0 spiro atoms. The van der Waals surface area contributed by atoms with Crippen LogP contribution in [0.5, 0.6) is 5.75 Å². The quantitative estimate of drug-likeness (QED) is 0.813. The molecule has 1 aromatic rings. The van der Waals surface area contributed by atoms with E-state index < -0.39 is 12.2 Å². The third-order valence-electron chi connectivity index (χ3n) is 2.61. The molecule has 0 aromatic heterocycles. The topological polar surface area (TPSA) is 55.8 Å². The molecule has 1 N–H and O–H groups in total. The van der Waals surface area contributed by atoms with Crippen LogP contribution in [0.15, 0.2) is 22.7 Å². The number of hydrogen-bond acceptors (Lipinski definition) is 4. The van der Waals surface area contributed by atoms with Gasteiger partial charge in [0, 0.05) is 10.0 Å². The van der Waals surface area contributed by atoms with E-state index >= 15 is 0 Å². The smallest absolute Gasteiger partial charge is 0.347 e. The molecule has 0 amide bonds. The predicted molar refractivity (Wildman–Crippen MR) is 76.1 cm³/mol. The van der Waals surface area contributed by atoms with Crippen molar-refractivity contribution in [3.8, 4) is 5.75 Å². The molecule has 0 aliphatic heterocycles. The Bertz CT molecular complexity index is 431. The highest BCUT2D eigenvalue weighted by Crippen LogP contribution is 2.29. The van der Waals surface area contributed by atoms with Crippen LogP contribution in [0, 0.1) is 0 Å². The van der Waals surface area contributed by atoms with Gasteiger partial charge in [0.2, 0.25) is 0 Å². The molecule has 0 saturated heterocycles. The van der Waals surface area contributed by atoms with E-state index in [4.69, 9.17) is 9.47 Å². The summed E-state index contributed by atoms with van der Waals surface area (Å²) >= 11 is 3.34. The van der Waals surface area contributed by atoms with Crippen LogP contribution in [0.3, 0.4) is 0 Å². The van der Waals surface area contributed by atoms with Crippen LogP contribution in [0.1, 0.15) is 38.9 Å². The number of carbonyl (C=O) groups excluding carboxylic acids is 1. The molecule has 5 heteroatoms.